The van der Waals surface area contributed by atoms with Crippen molar-refractivity contribution < 1.29 is 19.1 Å². The van der Waals surface area contributed by atoms with Crippen molar-refractivity contribution in [2.75, 3.05) is 19.8 Å². The summed E-state index contributed by atoms with van der Waals surface area (Å²) in [5, 5.41) is 2.92. The fraction of sp³-hybridized carbons (Fsp3) is 0.857. The zero-order valence-corrected chi connectivity index (χ0v) is 12.5. The average Bonchev–Trinajstić information content (AvgIpc) is 2.96. The maximum Gasteiger partial charge on any atom is 0.329 e. The molecule has 2 aliphatic rings. The second-order valence-electron chi connectivity index (χ2n) is 6.39. The predicted octanol–water partition coefficient (Wildman–Crippen LogP) is 1.29. The lowest BCUT2D eigenvalue weighted by atomic mass is 10.1. The van der Waals surface area contributed by atoms with Crippen LogP contribution in [0.2, 0.25) is 0 Å². The summed E-state index contributed by atoms with van der Waals surface area (Å²) in [6.45, 7) is 7.33. The van der Waals surface area contributed by atoms with E-state index in [1.165, 1.54) is 0 Å². The highest BCUT2D eigenvalue weighted by atomic mass is 16.6. The third-order valence-corrected chi connectivity index (χ3v) is 3.45. The number of amides is 2. The van der Waals surface area contributed by atoms with Crippen LogP contribution in [0.25, 0.3) is 0 Å². The first kappa shape index (κ1) is 15.1. The van der Waals surface area contributed by atoms with E-state index in [-0.39, 0.29) is 18.0 Å². The Morgan fingerprint density at radius 3 is 2.65 bits per heavy atom. The van der Waals surface area contributed by atoms with Gasteiger partial charge in [0.1, 0.15) is 11.6 Å². The molecule has 0 aromatic heterocycles. The fourth-order valence-electron chi connectivity index (χ4n) is 2.53. The molecule has 2 aliphatic heterocycles. The van der Waals surface area contributed by atoms with Crippen LogP contribution in [-0.4, -0.2) is 54.3 Å². The highest BCUT2D eigenvalue weighted by Crippen LogP contribution is 2.21. The van der Waals surface area contributed by atoms with Gasteiger partial charge in [0, 0.05) is 13.2 Å². The van der Waals surface area contributed by atoms with Crippen LogP contribution in [0, 0.1) is 0 Å². The average molecular weight is 284 g/mol. The number of nitrogens with one attached hydrogen (secondary N) is 1. The zero-order valence-electron chi connectivity index (χ0n) is 12.5. The number of likely N-dealkylation sites (tertiary alicyclic amines) is 1. The maximum absolute atomic E-state index is 12.2. The molecule has 0 radical (unpaired) electrons. The summed E-state index contributed by atoms with van der Waals surface area (Å²) in [5.41, 5.74) is -0.527. The van der Waals surface area contributed by atoms with E-state index in [1.54, 1.807) is 4.90 Å². The number of hydrogen-bond acceptors (Lipinski definition) is 4. The SMILES string of the molecule is CC(C)(C)OC(=O)[C@@H]1CCCN1C(=O)NC1CCOC1. The van der Waals surface area contributed by atoms with Crippen molar-refractivity contribution in [3.05, 3.63) is 0 Å². The second-order valence-corrected chi connectivity index (χ2v) is 6.39. The van der Waals surface area contributed by atoms with Gasteiger partial charge in [-0.3, -0.25) is 0 Å². The Kier molecular flexibility index (Phi) is 4.52. The van der Waals surface area contributed by atoms with Crippen molar-refractivity contribution in [3.8, 4) is 0 Å². The summed E-state index contributed by atoms with van der Waals surface area (Å²) in [6, 6.07) is -0.590. The molecule has 2 amide bonds. The number of hydrogen-bond donors (Lipinski definition) is 1. The van der Waals surface area contributed by atoms with Crippen molar-refractivity contribution in [3.63, 3.8) is 0 Å². The van der Waals surface area contributed by atoms with Crippen molar-refractivity contribution in [1.82, 2.24) is 10.2 Å². The predicted molar refractivity (Wildman–Crippen MR) is 73.3 cm³/mol. The molecule has 0 spiro atoms. The minimum atomic E-state index is -0.527. The highest BCUT2D eigenvalue weighted by molar-refractivity contribution is 5.84. The molecular formula is C14H24N2O4. The van der Waals surface area contributed by atoms with Gasteiger partial charge in [0.05, 0.1) is 12.6 Å². The lowest BCUT2D eigenvalue weighted by Crippen LogP contribution is -2.50. The Morgan fingerprint density at radius 1 is 1.30 bits per heavy atom. The Bertz CT molecular complexity index is 372. The Balaban J connectivity index is 1.92. The summed E-state index contributed by atoms with van der Waals surface area (Å²) in [7, 11) is 0. The lowest BCUT2D eigenvalue weighted by molar-refractivity contribution is -0.159. The number of ether oxygens (including phenoxy) is 2. The van der Waals surface area contributed by atoms with Gasteiger partial charge in [-0.2, -0.15) is 0 Å². The van der Waals surface area contributed by atoms with Crippen molar-refractivity contribution >= 4 is 12.0 Å². The molecule has 2 saturated heterocycles. The third-order valence-electron chi connectivity index (χ3n) is 3.45. The first-order valence-electron chi connectivity index (χ1n) is 7.24. The van der Waals surface area contributed by atoms with Crippen LogP contribution < -0.4 is 5.32 Å². The van der Waals surface area contributed by atoms with Gasteiger partial charge < -0.3 is 19.7 Å². The molecule has 20 heavy (non-hydrogen) atoms. The molecule has 6 heteroatoms. The molecule has 0 bridgehead atoms. The van der Waals surface area contributed by atoms with Gasteiger partial charge in [0.15, 0.2) is 0 Å². The number of nitrogens with zero attached hydrogens (tertiary/aromatic N) is 1. The molecule has 0 aromatic carbocycles. The number of carbonyl (C=O) groups excluding carboxylic acids is 2. The zero-order chi connectivity index (χ0) is 14.8. The number of rotatable bonds is 2. The number of esters is 1. The summed E-state index contributed by atoms with van der Waals surface area (Å²) < 4.78 is 10.6. The summed E-state index contributed by atoms with van der Waals surface area (Å²) in [6.07, 6.45) is 2.33. The minimum Gasteiger partial charge on any atom is -0.458 e. The van der Waals surface area contributed by atoms with Crippen LogP contribution in [0.3, 0.4) is 0 Å². The first-order chi connectivity index (χ1) is 9.37. The van der Waals surface area contributed by atoms with Crippen molar-refractivity contribution in [2.24, 2.45) is 0 Å². The monoisotopic (exact) mass is 284 g/mol. The topological polar surface area (TPSA) is 67.9 Å². The van der Waals surface area contributed by atoms with Crippen molar-refractivity contribution in [2.45, 2.75) is 57.7 Å². The van der Waals surface area contributed by atoms with Gasteiger partial charge in [-0.25, -0.2) is 9.59 Å². The summed E-state index contributed by atoms with van der Waals surface area (Å²) in [4.78, 5) is 26.0. The van der Waals surface area contributed by atoms with Gasteiger partial charge >= 0.3 is 12.0 Å². The van der Waals surface area contributed by atoms with Gasteiger partial charge in [-0.15, -0.1) is 0 Å². The number of urea groups is 1. The van der Waals surface area contributed by atoms with Crippen LogP contribution in [0.4, 0.5) is 4.79 Å². The molecule has 114 valence electrons. The molecular weight excluding hydrogens is 260 g/mol. The minimum absolute atomic E-state index is 0.0578. The summed E-state index contributed by atoms with van der Waals surface area (Å²) >= 11 is 0. The van der Waals surface area contributed by atoms with E-state index in [2.05, 4.69) is 5.32 Å². The van der Waals surface area contributed by atoms with Gasteiger partial charge in [-0.05, 0) is 40.0 Å². The highest BCUT2D eigenvalue weighted by Gasteiger charge is 2.37. The molecule has 2 heterocycles. The van der Waals surface area contributed by atoms with Crippen molar-refractivity contribution in [1.29, 1.82) is 0 Å². The van der Waals surface area contributed by atoms with E-state index in [0.29, 0.717) is 26.2 Å². The molecule has 2 fully saturated rings. The quantitative estimate of drug-likeness (QED) is 0.776. The molecule has 0 aliphatic carbocycles. The largest absolute Gasteiger partial charge is 0.458 e. The van der Waals surface area contributed by atoms with E-state index in [0.717, 1.165) is 12.8 Å². The Morgan fingerprint density at radius 2 is 2.05 bits per heavy atom. The molecule has 1 unspecified atom stereocenters. The molecule has 6 nitrogen and oxygen atoms in total. The van der Waals surface area contributed by atoms with E-state index in [4.69, 9.17) is 9.47 Å². The van der Waals surface area contributed by atoms with Crippen LogP contribution in [0.15, 0.2) is 0 Å². The Labute approximate surface area is 119 Å². The van der Waals surface area contributed by atoms with E-state index in [1.807, 2.05) is 20.8 Å². The molecule has 0 saturated carbocycles. The Hall–Kier alpha value is -1.30. The molecule has 2 atom stereocenters. The molecule has 1 N–H and O–H groups in total. The molecule has 2 rings (SSSR count). The fourth-order valence-corrected chi connectivity index (χ4v) is 2.53. The van der Waals surface area contributed by atoms with Crippen LogP contribution in [0.1, 0.15) is 40.0 Å². The van der Waals surface area contributed by atoms with Crippen LogP contribution in [-0.2, 0) is 14.3 Å². The van der Waals surface area contributed by atoms with E-state index >= 15 is 0 Å². The van der Waals surface area contributed by atoms with Gasteiger partial charge in [0.25, 0.3) is 0 Å². The van der Waals surface area contributed by atoms with Crippen LogP contribution in [0.5, 0.6) is 0 Å². The van der Waals surface area contributed by atoms with Gasteiger partial charge in [0.2, 0.25) is 0 Å². The first-order valence-corrected chi connectivity index (χ1v) is 7.24. The van der Waals surface area contributed by atoms with Crippen LogP contribution >= 0.6 is 0 Å². The smallest absolute Gasteiger partial charge is 0.329 e. The number of carbonyl (C=O) groups is 2. The maximum atomic E-state index is 12.2. The summed E-state index contributed by atoms with van der Waals surface area (Å²) in [5.74, 6) is -0.312. The van der Waals surface area contributed by atoms with Gasteiger partial charge in [-0.1, -0.05) is 0 Å². The third kappa shape index (κ3) is 3.85. The normalized spacial score (nSPS) is 26.6. The van der Waals surface area contributed by atoms with E-state index < -0.39 is 11.6 Å². The van der Waals surface area contributed by atoms with E-state index in [9.17, 15) is 9.59 Å². The standard InChI is InChI=1S/C14H24N2O4/c1-14(2,3)20-12(17)11-5-4-7-16(11)13(18)15-10-6-8-19-9-10/h10-11H,4-9H2,1-3H3,(H,15,18)/t10?,11-/m0/s1. The second kappa shape index (κ2) is 5.99. The lowest BCUT2D eigenvalue weighted by Gasteiger charge is -2.28. The molecule has 0 aromatic rings.